The molecule has 0 saturated heterocycles. The third-order valence-electron chi connectivity index (χ3n) is 3.60. The number of halogens is 3. The van der Waals surface area contributed by atoms with Gasteiger partial charge in [0.1, 0.15) is 0 Å². The highest BCUT2D eigenvalue weighted by Crippen LogP contribution is 2.39. The number of benzene rings is 1. The minimum absolute atomic E-state index is 0.0753. The first-order valence-electron chi connectivity index (χ1n) is 6.47. The van der Waals surface area contributed by atoms with Crippen LogP contribution >= 0.6 is 11.8 Å². The van der Waals surface area contributed by atoms with Crippen molar-refractivity contribution in [2.24, 2.45) is 5.92 Å². The quantitative estimate of drug-likeness (QED) is 0.791. The molecule has 1 aromatic rings. The van der Waals surface area contributed by atoms with Crippen LogP contribution in [0.25, 0.3) is 0 Å². The van der Waals surface area contributed by atoms with Gasteiger partial charge in [-0.15, -0.1) is 11.8 Å². The molecule has 0 aliphatic heterocycles. The second-order valence-corrected chi connectivity index (χ2v) is 5.79. The highest BCUT2D eigenvalue weighted by molar-refractivity contribution is 7.98. The topological polar surface area (TPSA) is 12.0 Å². The van der Waals surface area contributed by atoms with Crippen LogP contribution in [-0.2, 0) is 0 Å². The van der Waals surface area contributed by atoms with Crippen molar-refractivity contribution < 1.29 is 13.2 Å². The molecule has 0 radical (unpaired) electrons. The second kappa shape index (κ2) is 6.07. The summed E-state index contributed by atoms with van der Waals surface area (Å²) in [6, 6.07) is 7.69. The van der Waals surface area contributed by atoms with E-state index in [0.29, 0.717) is 6.42 Å². The van der Waals surface area contributed by atoms with E-state index in [1.165, 1.54) is 0 Å². The molecule has 106 valence electrons. The Kier molecular flexibility index (Phi) is 4.66. The maximum atomic E-state index is 12.8. The summed E-state index contributed by atoms with van der Waals surface area (Å²) in [4.78, 5) is 1.08. The van der Waals surface area contributed by atoms with Gasteiger partial charge in [-0.1, -0.05) is 18.6 Å². The van der Waals surface area contributed by atoms with Gasteiger partial charge in [0, 0.05) is 16.6 Å². The number of alkyl halides is 3. The van der Waals surface area contributed by atoms with Gasteiger partial charge in [0.25, 0.3) is 0 Å². The predicted octanol–water partition coefficient (Wildman–Crippen LogP) is 4.94. The van der Waals surface area contributed by atoms with E-state index in [1.54, 1.807) is 11.8 Å². The largest absolute Gasteiger partial charge is 0.391 e. The van der Waals surface area contributed by atoms with Crippen LogP contribution in [0.3, 0.4) is 0 Å². The molecule has 1 aromatic carbocycles. The summed E-state index contributed by atoms with van der Waals surface area (Å²) in [5.74, 6) is -1.15. The standard InChI is InChI=1S/C14H18F3NS/c1-19-13-8-3-2-7-12(13)18-11-6-4-5-10(9-11)14(15,16)17/h2-3,7-8,10-11,18H,4-6,9H2,1H3. The van der Waals surface area contributed by atoms with Crippen LogP contribution in [0.4, 0.5) is 18.9 Å². The van der Waals surface area contributed by atoms with Crippen LogP contribution in [0.5, 0.6) is 0 Å². The van der Waals surface area contributed by atoms with Crippen LogP contribution in [-0.4, -0.2) is 18.5 Å². The molecule has 0 spiro atoms. The number of para-hydroxylation sites is 1. The van der Waals surface area contributed by atoms with Crippen LogP contribution in [0.15, 0.2) is 29.2 Å². The fourth-order valence-electron chi connectivity index (χ4n) is 2.60. The van der Waals surface area contributed by atoms with Crippen molar-refractivity contribution in [2.75, 3.05) is 11.6 Å². The van der Waals surface area contributed by atoms with Crippen molar-refractivity contribution in [1.82, 2.24) is 0 Å². The molecule has 1 fully saturated rings. The average molecular weight is 289 g/mol. The van der Waals surface area contributed by atoms with Crippen molar-refractivity contribution in [3.05, 3.63) is 24.3 Å². The van der Waals surface area contributed by atoms with Crippen LogP contribution in [0.2, 0.25) is 0 Å². The lowest BCUT2D eigenvalue weighted by Gasteiger charge is -2.32. The molecule has 2 rings (SSSR count). The third kappa shape index (κ3) is 3.81. The molecule has 0 amide bonds. The lowest BCUT2D eigenvalue weighted by Crippen LogP contribution is -2.34. The van der Waals surface area contributed by atoms with Crippen LogP contribution < -0.4 is 5.32 Å². The molecule has 1 N–H and O–H groups in total. The van der Waals surface area contributed by atoms with E-state index in [0.717, 1.165) is 17.0 Å². The summed E-state index contributed by atoms with van der Waals surface area (Å²) in [5, 5.41) is 3.28. The lowest BCUT2D eigenvalue weighted by atomic mass is 9.85. The number of hydrogen-bond donors (Lipinski definition) is 1. The highest BCUT2D eigenvalue weighted by Gasteiger charge is 2.42. The summed E-state index contributed by atoms with van der Waals surface area (Å²) in [5.41, 5.74) is 0.947. The first-order chi connectivity index (χ1) is 9.00. The number of hydrogen-bond acceptors (Lipinski definition) is 2. The van der Waals surface area contributed by atoms with Gasteiger partial charge in [0.15, 0.2) is 0 Å². The van der Waals surface area contributed by atoms with Crippen molar-refractivity contribution in [3.8, 4) is 0 Å². The molecule has 1 aliphatic rings. The van der Waals surface area contributed by atoms with Gasteiger partial charge in [-0.05, 0) is 37.7 Å². The molecule has 2 unspecified atom stereocenters. The molecule has 0 aromatic heterocycles. The SMILES string of the molecule is CSc1ccccc1NC1CCCC(C(F)(F)F)C1. The zero-order chi connectivity index (χ0) is 13.9. The Morgan fingerprint density at radius 3 is 2.63 bits per heavy atom. The molecule has 0 heterocycles. The molecule has 19 heavy (non-hydrogen) atoms. The summed E-state index contributed by atoms with van der Waals surface area (Å²) >= 11 is 1.61. The van der Waals surface area contributed by atoms with Gasteiger partial charge in [0.05, 0.1) is 5.92 Å². The fraction of sp³-hybridized carbons (Fsp3) is 0.571. The summed E-state index contributed by atoms with van der Waals surface area (Å²) in [6.07, 6.45) is -0.171. The van der Waals surface area contributed by atoms with E-state index in [2.05, 4.69) is 5.32 Å². The van der Waals surface area contributed by atoms with Gasteiger partial charge >= 0.3 is 6.18 Å². The zero-order valence-electron chi connectivity index (χ0n) is 10.8. The Balaban J connectivity index is 2.03. The Hall–Kier alpha value is -0.840. The van der Waals surface area contributed by atoms with Gasteiger partial charge < -0.3 is 5.32 Å². The molecule has 5 heteroatoms. The summed E-state index contributed by atoms with van der Waals surface area (Å²) in [7, 11) is 0. The van der Waals surface area contributed by atoms with E-state index in [9.17, 15) is 13.2 Å². The first-order valence-corrected chi connectivity index (χ1v) is 7.69. The molecule has 0 bridgehead atoms. The van der Waals surface area contributed by atoms with Gasteiger partial charge in [0.2, 0.25) is 0 Å². The van der Waals surface area contributed by atoms with Crippen LogP contribution in [0, 0.1) is 5.92 Å². The number of rotatable bonds is 3. The third-order valence-corrected chi connectivity index (χ3v) is 4.40. The zero-order valence-corrected chi connectivity index (χ0v) is 11.7. The van der Waals surface area contributed by atoms with E-state index < -0.39 is 12.1 Å². The number of nitrogens with one attached hydrogen (secondary N) is 1. The van der Waals surface area contributed by atoms with E-state index in [1.807, 2.05) is 30.5 Å². The van der Waals surface area contributed by atoms with Crippen molar-refractivity contribution in [2.45, 2.75) is 42.8 Å². The molecule has 1 aliphatic carbocycles. The van der Waals surface area contributed by atoms with Gasteiger partial charge in [-0.3, -0.25) is 0 Å². The molecular formula is C14H18F3NS. The smallest absolute Gasteiger partial charge is 0.381 e. The van der Waals surface area contributed by atoms with Crippen molar-refractivity contribution >= 4 is 17.4 Å². The fourth-order valence-corrected chi connectivity index (χ4v) is 3.16. The van der Waals surface area contributed by atoms with Crippen molar-refractivity contribution in [3.63, 3.8) is 0 Å². The minimum Gasteiger partial charge on any atom is -0.381 e. The Morgan fingerprint density at radius 1 is 1.21 bits per heavy atom. The Labute approximate surface area is 116 Å². The highest BCUT2D eigenvalue weighted by atomic mass is 32.2. The normalized spacial score (nSPS) is 24.2. The molecular weight excluding hydrogens is 271 g/mol. The van der Waals surface area contributed by atoms with E-state index >= 15 is 0 Å². The Bertz CT molecular complexity index is 419. The first kappa shape index (κ1) is 14.6. The lowest BCUT2D eigenvalue weighted by molar-refractivity contribution is -0.182. The van der Waals surface area contributed by atoms with Crippen LogP contribution in [0.1, 0.15) is 25.7 Å². The maximum absolute atomic E-state index is 12.8. The second-order valence-electron chi connectivity index (χ2n) is 4.95. The predicted molar refractivity (Wildman–Crippen MR) is 73.6 cm³/mol. The molecule has 1 nitrogen and oxygen atoms in total. The number of anilines is 1. The van der Waals surface area contributed by atoms with E-state index in [-0.39, 0.29) is 18.9 Å². The maximum Gasteiger partial charge on any atom is 0.391 e. The number of thioether (sulfide) groups is 1. The average Bonchev–Trinajstić information content (AvgIpc) is 2.39. The summed E-state index contributed by atoms with van der Waals surface area (Å²) < 4.78 is 38.3. The van der Waals surface area contributed by atoms with Gasteiger partial charge in [-0.25, -0.2) is 0 Å². The Morgan fingerprint density at radius 2 is 1.95 bits per heavy atom. The van der Waals surface area contributed by atoms with Crippen molar-refractivity contribution in [1.29, 1.82) is 0 Å². The van der Waals surface area contributed by atoms with Gasteiger partial charge in [-0.2, -0.15) is 13.2 Å². The monoisotopic (exact) mass is 289 g/mol. The molecule has 2 atom stereocenters. The molecule has 1 saturated carbocycles. The van der Waals surface area contributed by atoms with E-state index in [4.69, 9.17) is 0 Å². The minimum atomic E-state index is -4.06. The summed E-state index contributed by atoms with van der Waals surface area (Å²) in [6.45, 7) is 0.